The van der Waals surface area contributed by atoms with Crippen molar-refractivity contribution in [2.75, 3.05) is 39.5 Å². The van der Waals surface area contributed by atoms with Gasteiger partial charge in [-0.05, 0) is 84.0 Å². The van der Waals surface area contributed by atoms with Crippen LogP contribution in [0.2, 0.25) is 0 Å². The van der Waals surface area contributed by atoms with Crippen LogP contribution in [0.1, 0.15) is 78.1 Å². The molecule has 0 spiro atoms. The fourth-order valence-electron chi connectivity index (χ4n) is 4.19. The van der Waals surface area contributed by atoms with Crippen molar-refractivity contribution in [1.29, 1.82) is 0 Å². The monoisotopic (exact) mass is 664 g/mol. The molecule has 2 saturated heterocycles. The molecule has 2 amide bonds. The van der Waals surface area contributed by atoms with E-state index in [9.17, 15) is 28.8 Å². The number of aliphatic hydroxyl groups excluding tert-OH is 1. The van der Waals surface area contributed by atoms with Crippen molar-refractivity contribution in [2.24, 2.45) is 11.8 Å². The van der Waals surface area contributed by atoms with Gasteiger partial charge in [0, 0.05) is 30.8 Å². The number of aliphatic carboxylic acids is 1. The van der Waals surface area contributed by atoms with Crippen molar-refractivity contribution >= 4 is 35.7 Å². The van der Waals surface area contributed by atoms with Crippen LogP contribution >= 0.6 is 0 Å². The van der Waals surface area contributed by atoms with E-state index >= 15 is 0 Å². The summed E-state index contributed by atoms with van der Waals surface area (Å²) < 4.78 is 15.0. The third-order valence-electron chi connectivity index (χ3n) is 7.00. The summed E-state index contributed by atoms with van der Waals surface area (Å²) in [6.45, 7) is 19.5. The number of ether oxygens (including phenoxy) is 3. The van der Waals surface area contributed by atoms with Crippen LogP contribution in [0.15, 0.2) is 49.9 Å². The van der Waals surface area contributed by atoms with Crippen LogP contribution < -0.4 is 0 Å². The third kappa shape index (κ3) is 17.9. The van der Waals surface area contributed by atoms with Gasteiger partial charge in [-0.15, -0.1) is 0 Å². The predicted molar refractivity (Wildman–Crippen MR) is 174 cm³/mol. The molecular weight excluding hydrogens is 612 g/mol. The molecular formula is C34H52N2O11. The van der Waals surface area contributed by atoms with Crippen LogP contribution in [0.3, 0.4) is 0 Å². The van der Waals surface area contributed by atoms with Crippen LogP contribution in [0.4, 0.5) is 0 Å². The number of likely N-dealkylation sites (tertiary alicyclic amines) is 2. The molecule has 2 fully saturated rings. The number of esters is 3. The normalized spacial score (nSPS) is 16.6. The standard InChI is InChI=1S/C17H25NO5.C10H18O3.C7H9NO3/c1-4-18-10-9-14(15(18)19)17(21)23-12-8-6-5-7-11-22-16(20)13(2)3;1-9(2)10(12)13-8-6-4-3-5-7-11;1-2-8-4-3-5(6(8)9)7(10)11/h4,14H,1-2,5-12H2,3H3;11H,1,3-8H2,2H3;2,5H,1,3-4H2,(H,10,11). The number of aliphatic hydroxyl groups is 1. The number of carboxylic acid groups (broad SMARTS) is 1. The van der Waals surface area contributed by atoms with Crippen molar-refractivity contribution in [3.63, 3.8) is 0 Å². The fraction of sp³-hybridized carbons (Fsp3) is 0.588. The summed E-state index contributed by atoms with van der Waals surface area (Å²) in [5.74, 6) is -4.30. The Bertz CT molecular complexity index is 1100. The van der Waals surface area contributed by atoms with E-state index in [2.05, 4.69) is 26.3 Å². The Hall–Kier alpha value is -4.26. The fourth-order valence-corrected chi connectivity index (χ4v) is 4.19. The van der Waals surface area contributed by atoms with Gasteiger partial charge in [0.2, 0.25) is 11.8 Å². The van der Waals surface area contributed by atoms with E-state index in [0.29, 0.717) is 56.9 Å². The smallest absolute Gasteiger partial charge is 0.333 e. The summed E-state index contributed by atoms with van der Waals surface area (Å²) in [5.41, 5.74) is 0.837. The average molecular weight is 665 g/mol. The molecule has 2 heterocycles. The van der Waals surface area contributed by atoms with E-state index in [1.165, 1.54) is 22.2 Å². The second kappa shape index (κ2) is 24.9. The van der Waals surface area contributed by atoms with E-state index in [-0.39, 0.29) is 30.4 Å². The molecule has 2 aliphatic heterocycles. The highest BCUT2D eigenvalue weighted by Crippen LogP contribution is 2.20. The molecule has 0 aromatic carbocycles. The van der Waals surface area contributed by atoms with Crippen molar-refractivity contribution in [2.45, 2.75) is 78.1 Å². The third-order valence-corrected chi connectivity index (χ3v) is 7.00. The number of hydrogen-bond acceptors (Lipinski definition) is 10. The van der Waals surface area contributed by atoms with E-state index in [1.54, 1.807) is 13.8 Å². The quantitative estimate of drug-likeness (QED) is 0.0673. The molecule has 0 aromatic rings. The van der Waals surface area contributed by atoms with Gasteiger partial charge < -0.3 is 34.2 Å². The Morgan fingerprint density at radius 2 is 1.09 bits per heavy atom. The SMILES string of the molecule is C=C(C)C(=O)OCCCCCCO.C=CN1CCC(C(=O)O)C1=O.C=CN1CCC(C(=O)OCCCCCCOC(=O)C(=C)C)C1=O. The van der Waals surface area contributed by atoms with Gasteiger partial charge in [-0.1, -0.05) is 32.7 Å². The van der Waals surface area contributed by atoms with Gasteiger partial charge in [0.15, 0.2) is 0 Å². The van der Waals surface area contributed by atoms with Crippen molar-refractivity contribution < 1.29 is 53.2 Å². The molecule has 0 aliphatic carbocycles. The number of carbonyl (C=O) groups excluding carboxylic acids is 5. The van der Waals surface area contributed by atoms with Gasteiger partial charge in [0.25, 0.3) is 0 Å². The molecule has 47 heavy (non-hydrogen) atoms. The Kier molecular flexibility index (Phi) is 22.6. The first-order valence-electron chi connectivity index (χ1n) is 15.8. The lowest BCUT2D eigenvalue weighted by molar-refractivity contribution is -0.153. The van der Waals surface area contributed by atoms with Gasteiger partial charge in [0.1, 0.15) is 11.8 Å². The summed E-state index contributed by atoms with van der Waals surface area (Å²) in [4.78, 5) is 69.8. The lowest BCUT2D eigenvalue weighted by Gasteiger charge is -2.11. The maximum absolute atomic E-state index is 11.8. The maximum atomic E-state index is 11.8. The van der Waals surface area contributed by atoms with E-state index < -0.39 is 23.8 Å². The first kappa shape index (κ1) is 42.7. The zero-order valence-corrected chi connectivity index (χ0v) is 27.9. The minimum atomic E-state index is -1.04. The topological polar surface area (TPSA) is 177 Å². The van der Waals surface area contributed by atoms with E-state index in [4.69, 9.17) is 24.4 Å². The number of nitrogens with zero attached hydrogens (tertiary/aromatic N) is 2. The molecule has 0 aromatic heterocycles. The van der Waals surface area contributed by atoms with Crippen LogP contribution in [-0.2, 0) is 43.0 Å². The summed E-state index contributed by atoms with van der Waals surface area (Å²) >= 11 is 0. The second-order valence-corrected chi connectivity index (χ2v) is 11.0. The molecule has 2 atom stereocenters. The molecule has 0 radical (unpaired) electrons. The number of carbonyl (C=O) groups is 6. The van der Waals surface area contributed by atoms with Gasteiger partial charge in [-0.2, -0.15) is 0 Å². The Morgan fingerprint density at radius 1 is 0.702 bits per heavy atom. The van der Waals surface area contributed by atoms with Crippen LogP contribution in [0.25, 0.3) is 0 Å². The highest BCUT2D eigenvalue weighted by Gasteiger charge is 2.37. The minimum Gasteiger partial charge on any atom is -0.481 e. The summed E-state index contributed by atoms with van der Waals surface area (Å²) in [5, 5.41) is 17.0. The number of rotatable bonds is 19. The van der Waals surface area contributed by atoms with Crippen LogP contribution in [0.5, 0.6) is 0 Å². The zero-order chi connectivity index (χ0) is 35.8. The van der Waals surface area contributed by atoms with Crippen molar-refractivity contribution in [1.82, 2.24) is 9.80 Å². The Morgan fingerprint density at radius 3 is 1.43 bits per heavy atom. The molecule has 2 aliphatic rings. The molecule has 2 unspecified atom stereocenters. The highest BCUT2D eigenvalue weighted by atomic mass is 16.5. The van der Waals surface area contributed by atoms with Crippen molar-refractivity contribution in [3.8, 4) is 0 Å². The molecule has 13 heteroatoms. The van der Waals surface area contributed by atoms with Gasteiger partial charge in [-0.3, -0.25) is 19.2 Å². The lowest BCUT2D eigenvalue weighted by Crippen LogP contribution is -2.27. The first-order valence-corrected chi connectivity index (χ1v) is 15.8. The summed E-state index contributed by atoms with van der Waals surface area (Å²) in [7, 11) is 0. The Balaban J connectivity index is 0.000000744. The minimum absolute atomic E-state index is 0.232. The second-order valence-electron chi connectivity index (χ2n) is 11.0. The number of hydrogen-bond donors (Lipinski definition) is 2. The first-order chi connectivity index (χ1) is 22.3. The average Bonchev–Trinajstić information content (AvgIpc) is 3.61. The zero-order valence-electron chi connectivity index (χ0n) is 27.9. The van der Waals surface area contributed by atoms with Crippen molar-refractivity contribution in [3.05, 3.63) is 49.9 Å². The van der Waals surface area contributed by atoms with Crippen LogP contribution in [-0.4, -0.2) is 95.2 Å². The van der Waals surface area contributed by atoms with Gasteiger partial charge in [-0.25, -0.2) is 9.59 Å². The van der Waals surface area contributed by atoms with E-state index in [1.807, 2.05) is 0 Å². The van der Waals surface area contributed by atoms with Gasteiger partial charge in [0.05, 0.1) is 19.8 Å². The van der Waals surface area contributed by atoms with Crippen LogP contribution in [0, 0.1) is 11.8 Å². The summed E-state index contributed by atoms with van der Waals surface area (Å²) in [6, 6.07) is 0. The Labute approximate surface area is 277 Å². The summed E-state index contributed by atoms with van der Waals surface area (Å²) in [6.07, 6.45) is 10.6. The number of carboxylic acids is 1. The molecule has 0 saturated carbocycles. The van der Waals surface area contributed by atoms with Gasteiger partial charge >= 0.3 is 23.9 Å². The predicted octanol–water partition coefficient (Wildman–Crippen LogP) is 3.92. The molecule has 2 N–H and O–H groups in total. The molecule has 264 valence electrons. The lowest BCUT2D eigenvalue weighted by atomic mass is 10.1. The number of unbranched alkanes of at least 4 members (excludes halogenated alkanes) is 6. The molecule has 0 bridgehead atoms. The maximum Gasteiger partial charge on any atom is 0.333 e. The van der Waals surface area contributed by atoms with E-state index in [0.717, 1.165) is 51.4 Å². The number of amides is 2. The highest BCUT2D eigenvalue weighted by molar-refractivity contribution is 6.00. The molecule has 2 rings (SSSR count). The largest absolute Gasteiger partial charge is 0.481 e. The molecule has 13 nitrogen and oxygen atoms in total.